The van der Waals surface area contributed by atoms with E-state index in [1.165, 1.54) is 5.69 Å². The second kappa shape index (κ2) is 45.3. The van der Waals surface area contributed by atoms with Crippen LogP contribution in [0.15, 0.2) is 198 Å². The van der Waals surface area contributed by atoms with Crippen LogP contribution < -0.4 is 70.0 Å². The summed E-state index contributed by atoms with van der Waals surface area (Å²) in [5, 5.41) is 34.1. The van der Waals surface area contributed by atoms with E-state index in [4.69, 9.17) is 11.5 Å². The molecule has 7 aromatic rings. The molecule has 7 unspecified atom stereocenters. The monoisotopic (exact) mass is 1630 g/mol. The van der Waals surface area contributed by atoms with Gasteiger partial charge in [-0.2, -0.15) is 0 Å². The SMILES string of the molecule is CC1N=C(N(C)C)N(C)C(N(C)Cc2ccc[nH]2)=N1.CC1N=C(N(C)C)NC(=NCc2ccc[nH]2)N1.CC1N=C(N(C)C)NC(N(C)Cc2ccc[nH]2)=N1.CC1N=C(N)NC(=NCc2ccc[nH]2)N1.CC1N=C(N)NC(N(C)Cc2ccc[nH]2)=N1.CN=C1NC(=NCc2ccc[nH]2)NC(C)N1.CN=C1NC(N(C)Cc2ccc[nH]2)=NC(C)N1. The Bertz CT molecular complexity index is 4540. The predicted octanol–water partition coefficient (Wildman–Crippen LogP) is 2.11. The number of aliphatic imine (C=N–C) groups is 14. The van der Waals surface area contributed by atoms with Crippen molar-refractivity contribution in [2.24, 2.45) is 81.4 Å². The largest absolute Gasteiger partial charge is 0.370 e. The number of aromatic amines is 7. The molecule has 42 nitrogen and oxygen atoms in total. The highest BCUT2D eigenvalue weighted by Crippen LogP contribution is 2.14. The molecular formula is C76H124N42. The molecule has 0 bridgehead atoms. The zero-order chi connectivity index (χ0) is 85.2. The molecule has 7 aliphatic rings. The third-order valence-electron chi connectivity index (χ3n) is 17.2. The molecule has 0 radical (unpaired) electrons. The van der Waals surface area contributed by atoms with Gasteiger partial charge in [-0.05, 0) is 133 Å². The summed E-state index contributed by atoms with van der Waals surface area (Å²) in [5.41, 5.74) is 19.0. The summed E-state index contributed by atoms with van der Waals surface area (Å²) in [4.78, 5) is 99.0. The van der Waals surface area contributed by atoms with Crippen LogP contribution in [-0.4, -0.2) is 292 Å². The molecule has 42 heteroatoms. The van der Waals surface area contributed by atoms with Gasteiger partial charge in [0.15, 0.2) is 41.7 Å². The van der Waals surface area contributed by atoms with Gasteiger partial charge in [0, 0.05) is 175 Å². The quantitative estimate of drug-likeness (QED) is 0.0741. The summed E-state index contributed by atoms with van der Waals surface area (Å²) < 4.78 is 0. The highest BCUT2D eigenvalue weighted by atomic mass is 15.5. The molecule has 14 heterocycles. The fourth-order valence-electron chi connectivity index (χ4n) is 11.6. The highest BCUT2D eigenvalue weighted by molar-refractivity contribution is 6.04. The van der Waals surface area contributed by atoms with Gasteiger partial charge in [0.25, 0.3) is 0 Å². The molecule has 0 saturated carbocycles. The van der Waals surface area contributed by atoms with Crippen LogP contribution >= 0.6 is 0 Å². The first-order valence-electron chi connectivity index (χ1n) is 38.7. The number of nitrogens with two attached hydrogens (primary N) is 2. The molecule has 7 atom stereocenters. The number of aromatic nitrogens is 7. The van der Waals surface area contributed by atoms with Gasteiger partial charge in [-0.25, -0.2) is 59.9 Å². The van der Waals surface area contributed by atoms with E-state index in [0.717, 1.165) is 126 Å². The summed E-state index contributed by atoms with van der Waals surface area (Å²) in [6.45, 7) is 18.7. The summed E-state index contributed by atoms with van der Waals surface area (Å²) in [7, 11) is 25.3. The molecule has 1 fully saturated rings. The van der Waals surface area contributed by atoms with Crippen molar-refractivity contribution >= 4 is 83.4 Å². The molecular weight excluding hydrogens is 1500 g/mol. The number of hydrogen-bond acceptors (Lipinski definition) is 26. The Labute approximate surface area is 691 Å². The molecule has 0 spiro atoms. The van der Waals surface area contributed by atoms with E-state index in [9.17, 15) is 0 Å². The average molecular weight is 1630 g/mol. The first kappa shape index (κ1) is 89.7. The lowest BCUT2D eigenvalue weighted by Crippen LogP contribution is -2.61. The Morgan fingerprint density at radius 3 is 1.04 bits per heavy atom. The lowest BCUT2D eigenvalue weighted by Gasteiger charge is -2.35. The van der Waals surface area contributed by atoms with Gasteiger partial charge < -0.3 is 107 Å². The molecule has 22 N–H and O–H groups in total. The van der Waals surface area contributed by atoms with Crippen molar-refractivity contribution < 1.29 is 0 Å². The predicted molar refractivity (Wildman–Crippen MR) is 476 cm³/mol. The van der Waals surface area contributed by atoms with Gasteiger partial charge in [0.1, 0.15) is 37.0 Å². The minimum atomic E-state index is -0.123. The topological polar surface area (TPSA) is 494 Å². The van der Waals surface area contributed by atoms with Crippen LogP contribution in [0.5, 0.6) is 0 Å². The van der Waals surface area contributed by atoms with Crippen molar-refractivity contribution in [3.8, 4) is 0 Å². The van der Waals surface area contributed by atoms with Gasteiger partial charge in [-0.1, -0.05) is 0 Å². The Hall–Kier alpha value is -13.9. The number of rotatable bonds is 14. The normalized spacial score (nSPS) is 21.2. The van der Waals surface area contributed by atoms with Gasteiger partial charge in [0.2, 0.25) is 41.7 Å². The van der Waals surface area contributed by atoms with Crippen molar-refractivity contribution in [1.82, 2.24) is 133 Å². The maximum atomic E-state index is 5.65. The fourth-order valence-corrected chi connectivity index (χ4v) is 11.6. The number of H-pyrrole nitrogens is 7. The second-order valence-corrected chi connectivity index (χ2v) is 28.4. The van der Waals surface area contributed by atoms with Crippen LogP contribution in [0.3, 0.4) is 0 Å². The molecule has 0 aliphatic carbocycles. The number of hydrogen-bond donors (Lipinski definition) is 20. The van der Waals surface area contributed by atoms with E-state index in [0.29, 0.717) is 37.5 Å². The molecule has 14 rings (SSSR count). The zero-order valence-electron chi connectivity index (χ0n) is 71.6. The second-order valence-electron chi connectivity index (χ2n) is 28.4. The Morgan fingerprint density at radius 1 is 0.322 bits per heavy atom. The Kier molecular flexibility index (Phi) is 34.4. The fraction of sp³-hybridized carbons (Fsp3) is 0.447. The van der Waals surface area contributed by atoms with Crippen LogP contribution in [0.2, 0.25) is 0 Å². The van der Waals surface area contributed by atoms with E-state index in [-0.39, 0.29) is 43.2 Å². The number of nitrogens with one attached hydrogen (secondary N) is 18. The van der Waals surface area contributed by atoms with E-state index in [2.05, 4.69) is 191 Å². The molecule has 118 heavy (non-hydrogen) atoms. The summed E-state index contributed by atoms with van der Waals surface area (Å²) >= 11 is 0. The van der Waals surface area contributed by atoms with Crippen molar-refractivity contribution in [3.63, 3.8) is 0 Å². The van der Waals surface area contributed by atoms with Crippen molar-refractivity contribution in [3.05, 3.63) is 168 Å². The van der Waals surface area contributed by atoms with Gasteiger partial charge >= 0.3 is 0 Å². The summed E-state index contributed by atoms with van der Waals surface area (Å²) in [5.74, 6) is 10.4. The Balaban J connectivity index is 0.000000172. The van der Waals surface area contributed by atoms with Crippen molar-refractivity contribution in [1.29, 1.82) is 0 Å². The Morgan fingerprint density at radius 2 is 0.636 bits per heavy atom. The van der Waals surface area contributed by atoms with E-state index in [1.54, 1.807) is 14.1 Å². The molecule has 7 aromatic heterocycles. The standard InChI is InChI=1S/C13H22N6.C12H20N6.2C11H18N6.2C10H16N6.C9H14N6/c1-10-15-12(17(2)3)19(5)13(16-10)18(4)9-11-7-6-8-14-11;1-9-14-11(17(2)3)16-12(15-9)18(4)8-10-6-5-7-13-10;1-8-14-10(16-11(15-8)17(2)3)13-7-9-5-4-6-12-9;1-8-14-10(12-2)16-11(15-8)17(3)7-9-5-4-6-13-9;1-7-13-9(11)15-10(14-7)16(2)6-8-4-3-5-12-8;1-7-14-9(11-2)16-10(15-7)13-6-8-4-3-5-12-8;1-6-13-8(10)15-9(14-6)12-5-7-3-2-4-11-7/h6-8,10,14H,9H2,1-5H3;5-7,9,13H,8H2,1-4H3,(H,14,15,16);4-6,8,12H,7H2,1-3H3,(H2,13,14,15,16);4-6,8,13H,7H2,1-3H3,(H2,12,14,15,16);3-5,7,12H,6H2,1-2H3,(H3,11,13,14,15);3-5,7,12H,6H2,1-2H3,(H3,11,13,14,15,16);2-4,6,11H,5H2,1H3,(H4,10,12,13,14,15). The molecule has 1 saturated heterocycles. The number of guanidine groups is 14. The van der Waals surface area contributed by atoms with Gasteiger partial charge in [-0.15, -0.1) is 0 Å². The number of nitrogens with zero attached hydrogens (tertiary/aromatic N) is 22. The van der Waals surface area contributed by atoms with Crippen LogP contribution in [-0.2, 0) is 45.8 Å². The van der Waals surface area contributed by atoms with Crippen LogP contribution in [0.4, 0.5) is 0 Å². The van der Waals surface area contributed by atoms with Gasteiger partial charge in [0.05, 0.1) is 52.0 Å². The van der Waals surface area contributed by atoms with Crippen molar-refractivity contribution in [2.75, 3.05) is 91.6 Å². The lowest BCUT2D eigenvalue weighted by molar-refractivity contribution is 0.402. The smallest absolute Gasteiger partial charge is 0.205 e. The maximum absolute atomic E-state index is 5.65. The minimum Gasteiger partial charge on any atom is -0.370 e. The molecule has 7 aliphatic heterocycles. The lowest BCUT2D eigenvalue weighted by atomic mass is 10.4. The first-order valence-corrected chi connectivity index (χ1v) is 38.7. The van der Waals surface area contributed by atoms with Crippen LogP contribution in [0, 0.1) is 0 Å². The van der Waals surface area contributed by atoms with E-state index >= 15 is 0 Å². The zero-order valence-corrected chi connectivity index (χ0v) is 71.6. The minimum absolute atomic E-state index is 0.0337. The summed E-state index contributed by atoms with van der Waals surface area (Å²) in [6, 6.07) is 28.0. The van der Waals surface area contributed by atoms with Crippen LogP contribution in [0.1, 0.15) is 88.3 Å². The van der Waals surface area contributed by atoms with E-state index < -0.39 is 0 Å². The van der Waals surface area contributed by atoms with E-state index in [1.807, 2.05) is 265 Å². The third-order valence-corrected chi connectivity index (χ3v) is 17.2. The van der Waals surface area contributed by atoms with Crippen LogP contribution in [0.25, 0.3) is 0 Å². The third kappa shape index (κ3) is 30.2. The first-order chi connectivity index (χ1) is 56.5. The highest BCUT2D eigenvalue weighted by Gasteiger charge is 2.26. The summed E-state index contributed by atoms with van der Waals surface area (Å²) in [6.07, 6.45) is 13.3. The molecule has 0 aromatic carbocycles. The average Bonchev–Trinajstić information content (AvgIpc) is 0.923. The maximum Gasteiger partial charge on any atom is 0.205 e. The molecule has 638 valence electrons. The molecule has 0 amide bonds. The van der Waals surface area contributed by atoms with Gasteiger partial charge in [-0.3, -0.25) is 46.8 Å². The van der Waals surface area contributed by atoms with Crippen molar-refractivity contribution in [2.45, 2.75) is 137 Å².